The summed E-state index contributed by atoms with van der Waals surface area (Å²) in [7, 11) is 0. The lowest BCUT2D eigenvalue weighted by molar-refractivity contribution is -0.185. The molecule has 0 saturated carbocycles. The Morgan fingerprint density at radius 2 is 1.40 bits per heavy atom. The Labute approximate surface area is 154 Å². The second-order valence-electron chi connectivity index (χ2n) is 6.78. The molecule has 2 unspecified atom stereocenters. The third-order valence-electron chi connectivity index (χ3n) is 4.27. The van der Waals surface area contributed by atoms with E-state index in [9.17, 15) is 9.90 Å². The van der Waals surface area contributed by atoms with E-state index in [1.165, 1.54) is 57.8 Å². The highest BCUT2D eigenvalue weighted by molar-refractivity contribution is 5.69. The van der Waals surface area contributed by atoms with Gasteiger partial charge in [-0.1, -0.05) is 78.1 Å². The number of carbonyl (C=O) groups excluding carboxylic acids is 1. The van der Waals surface area contributed by atoms with Gasteiger partial charge in [-0.05, 0) is 6.42 Å². The van der Waals surface area contributed by atoms with Crippen molar-refractivity contribution in [1.29, 1.82) is 0 Å². The van der Waals surface area contributed by atoms with E-state index in [1.807, 2.05) is 6.92 Å². The molecule has 0 aromatic carbocycles. The van der Waals surface area contributed by atoms with Gasteiger partial charge < -0.3 is 19.7 Å². The Morgan fingerprint density at radius 1 is 0.880 bits per heavy atom. The van der Waals surface area contributed by atoms with Gasteiger partial charge in [0.05, 0.1) is 13.2 Å². The van der Waals surface area contributed by atoms with Gasteiger partial charge in [0.15, 0.2) is 0 Å². The summed E-state index contributed by atoms with van der Waals surface area (Å²) >= 11 is 0. The van der Waals surface area contributed by atoms with E-state index in [1.54, 1.807) is 0 Å². The van der Waals surface area contributed by atoms with Crippen molar-refractivity contribution < 1.29 is 24.5 Å². The van der Waals surface area contributed by atoms with Crippen molar-refractivity contribution in [3.8, 4) is 0 Å². The Bertz CT molecular complexity index is 296. The second-order valence-corrected chi connectivity index (χ2v) is 6.78. The summed E-state index contributed by atoms with van der Waals surface area (Å²) in [4.78, 5) is 11.8. The minimum Gasteiger partial charge on any atom is -0.436 e. The first-order valence-electron chi connectivity index (χ1n) is 10.2. The molecule has 0 amide bonds. The average molecular weight is 361 g/mol. The first-order valence-corrected chi connectivity index (χ1v) is 10.2. The van der Waals surface area contributed by atoms with Crippen LogP contribution in [0.2, 0.25) is 0 Å². The molecule has 5 nitrogen and oxygen atoms in total. The van der Waals surface area contributed by atoms with Gasteiger partial charge in [-0.15, -0.1) is 0 Å². The molecule has 0 aromatic heterocycles. The highest BCUT2D eigenvalue weighted by Crippen LogP contribution is 2.12. The van der Waals surface area contributed by atoms with Crippen LogP contribution in [0.3, 0.4) is 0 Å². The number of aliphatic hydroxyl groups excluding tert-OH is 2. The molecule has 0 spiro atoms. The van der Waals surface area contributed by atoms with Crippen molar-refractivity contribution in [2.75, 3.05) is 13.2 Å². The number of hydrogen-bond donors (Lipinski definition) is 2. The summed E-state index contributed by atoms with van der Waals surface area (Å²) in [6, 6.07) is 0. The first kappa shape index (κ1) is 24.4. The fraction of sp³-hybridized carbons (Fsp3) is 0.950. The van der Waals surface area contributed by atoms with E-state index in [2.05, 4.69) is 6.92 Å². The second kappa shape index (κ2) is 18.2. The molecular formula is C20H40O5. The van der Waals surface area contributed by atoms with Crippen LogP contribution >= 0.6 is 0 Å². The molecule has 0 aliphatic rings. The number of ether oxygens (including phenoxy) is 2. The Hall–Kier alpha value is -0.650. The third kappa shape index (κ3) is 16.6. The number of rotatable bonds is 18. The highest BCUT2D eigenvalue weighted by Gasteiger charge is 2.14. The topological polar surface area (TPSA) is 76.0 Å². The van der Waals surface area contributed by atoms with E-state index >= 15 is 0 Å². The van der Waals surface area contributed by atoms with Crippen LogP contribution in [-0.4, -0.2) is 41.8 Å². The average Bonchev–Trinajstić information content (AvgIpc) is 2.62. The van der Waals surface area contributed by atoms with Crippen LogP contribution in [0.1, 0.15) is 97.3 Å². The Balaban J connectivity index is 3.47. The van der Waals surface area contributed by atoms with Crippen molar-refractivity contribution in [3.63, 3.8) is 0 Å². The van der Waals surface area contributed by atoms with Crippen molar-refractivity contribution >= 4 is 5.97 Å². The zero-order chi connectivity index (χ0) is 18.8. The molecule has 2 atom stereocenters. The molecule has 0 heterocycles. The normalized spacial score (nSPS) is 13.6. The van der Waals surface area contributed by atoms with Crippen LogP contribution < -0.4 is 0 Å². The number of carbonyl (C=O) groups is 1. The van der Waals surface area contributed by atoms with Crippen molar-refractivity contribution in [3.05, 3.63) is 0 Å². The lowest BCUT2D eigenvalue weighted by Crippen LogP contribution is -2.27. The molecule has 2 N–H and O–H groups in total. The van der Waals surface area contributed by atoms with Crippen LogP contribution in [0.25, 0.3) is 0 Å². The largest absolute Gasteiger partial charge is 0.436 e. The Kier molecular flexibility index (Phi) is 17.7. The molecule has 0 aliphatic heterocycles. The van der Waals surface area contributed by atoms with Gasteiger partial charge in [-0.2, -0.15) is 0 Å². The van der Waals surface area contributed by atoms with Crippen LogP contribution in [0.5, 0.6) is 0 Å². The van der Waals surface area contributed by atoms with Crippen LogP contribution in [0.4, 0.5) is 0 Å². The number of hydrogen-bond acceptors (Lipinski definition) is 5. The molecule has 25 heavy (non-hydrogen) atoms. The van der Waals surface area contributed by atoms with E-state index in [-0.39, 0.29) is 19.2 Å². The quantitative estimate of drug-likeness (QED) is 0.216. The van der Waals surface area contributed by atoms with Gasteiger partial charge in [-0.25, -0.2) is 0 Å². The maximum atomic E-state index is 11.8. The lowest BCUT2D eigenvalue weighted by Gasteiger charge is -2.18. The fourth-order valence-corrected chi connectivity index (χ4v) is 2.65. The maximum Gasteiger partial charge on any atom is 0.308 e. The van der Waals surface area contributed by atoms with Gasteiger partial charge in [0, 0.05) is 12.8 Å². The minimum atomic E-state index is -0.931. The number of unbranched alkanes of at least 4 members (excludes halogenated alkanes) is 10. The van der Waals surface area contributed by atoms with Crippen molar-refractivity contribution in [2.24, 2.45) is 0 Å². The molecule has 5 heteroatoms. The molecular weight excluding hydrogens is 320 g/mol. The number of esters is 1. The van der Waals surface area contributed by atoms with Crippen LogP contribution in [-0.2, 0) is 14.3 Å². The van der Waals surface area contributed by atoms with E-state index < -0.39 is 12.4 Å². The number of aliphatic hydroxyl groups is 2. The smallest absolute Gasteiger partial charge is 0.308 e. The molecule has 150 valence electrons. The predicted molar refractivity (Wildman–Crippen MR) is 100 cm³/mol. The molecule has 0 saturated heterocycles. The monoisotopic (exact) mass is 360 g/mol. The fourth-order valence-electron chi connectivity index (χ4n) is 2.65. The lowest BCUT2D eigenvalue weighted by atomic mass is 10.1. The van der Waals surface area contributed by atoms with Crippen molar-refractivity contribution in [1.82, 2.24) is 0 Å². The highest BCUT2D eigenvalue weighted by atomic mass is 16.7. The van der Waals surface area contributed by atoms with Gasteiger partial charge in [0.25, 0.3) is 0 Å². The minimum absolute atomic E-state index is 0.0271. The standard InChI is InChI=1S/C20H40O5/c1-3-5-6-7-8-9-10-11-12-13-14-15-19(23)25-20(4-2)24-17-18(22)16-21/h18,20-22H,3-17H2,1-2H3. The van der Waals surface area contributed by atoms with Crippen molar-refractivity contribution in [2.45, 2.75) is 110 Å². The van der Waals surface area contributed by atoms with E-state index in [4.69, 9.17) is 14.6 Å². The summed E-state index contributed by atoms with van der Waals surface area (Å²) in [6.45, 7) is 3.71. The van der Waals surface area contributed by atoms with Gasteiger partial charge >= 0.3 is 5.97 Å². The first-order chi connectivity index (χ1) is 12.1. The molecule has 0 rings (SSSR count). The molecule has 0 fully saturated rings. The molecule has 0 aromatic rings. The summed E-state index contributed by atoms with van der Waals surface area (Å²) in [5.74, 6) is -0.249. The SMILES string of the molecule is CCCCCCCCCCCCCC(=O)OC(CC)OCC(O)CO. The maximum absolute atomic E-state index is 11.8. The molecule has 0 radical (unpaired) electrons. The Morgan fingerprint density at radius 3 is 1.88 bits per heavy atom. The summed E-state index contributed by atoms with van der Waals surface area (Å²) in [5, 5.41) is 18.0. The zero-order valence-electron chi connectivity index (χ0n) is 16.4. The predicted octanol–water partition coefficient (Wildman–Crippen LogP) is 4.34. The summed E-state index contributed by atoms with van der Waals surface area (Å²) in [5.41, 5.74) is 0. The third-order valence-corrected chi connectivity index (χ3v) is 4.27. The van der Waals surface area contributed by atoms with E-state index in [0.29, 0.717) is 12.8 Å². The summed E-state index contributed by atoms with van der Waals surface area (Å²) < 4.78 is 10.5. The molecule has 0 bridgehead atoms. The van der Waals surface area contributed by atoms with E-state index in [0.717, 1.165) is 12.8 Å². The van der Waals surface area contributed by atoms with Crippen LogP contribution in [0.15, 0.2) is 0 Å². The van der Waals surface area contributed by atoms with Gasteiger partial charge in [0.1, 0.15) is 6.10 Å². The van der Waals surface area contributed by atoms with Crippen LogP contribution in [0, 0.1) is 0 Å². The molecule has 0 aliphatic carbocycles. The summed E-state index contributed by atoms with van der Waals surface area (Å²) in [6.07, 6.45) is 13.1. The zero-order valence-corrected chi connectivity index (χ0v) is 16.4. The van der Waals surface area contributed by atoms with Gasteiger partial charge in [-0.3, -0.25) is 4.79 Å². The van der Waals surface area contributed by atoms with Gasteiger partial charge in [0.2, 0.25) is 6.29 Å².